The molecule has 0 amide bonds. The molecule has 17 heavy (non-hydrogen) atoms. The van der Waals surface area contributed by atoms with E-state index in [4.69, 9.17) is 11.6 Å². The lowest BCUT2D eigenvalue weighted by Gasteiger charge is -2.14. The van der Waals surface area contributed by atoms with Gasteiger partial charge < -0.3 is 0 Å². The Hall–Kier alpha value is -1.60. The first-order valence-electron chi connectivity index (χ1n) is 5.49. The van der Waals surface area contributed by atoms with Crippen LogP contribution in [0.2, 0.25) is 5.02 Å². The fourth-order valence-electron chi connectivity index (χ4n) is 1.96. The number of ketones is 1. The van der Waals surface area contributed by atoms with Gasteiger partial charge in [-0.3, -0.25) is 4.79 Å². The average molecular weight is 245 g/mol. The molecular weight excluding hydrogens is 232 g/mol. The molecule has 86 valence electrons. The van der Waals surface area contributed by atoms with E-state index in [2.05, 4.69) is 0 Å². The van der Waals surface area contributed by atoms with Gasteiger partial charge in [0.1, 0.15) is 5.78 Å². The molecule has 0 bridgehead atoms. The highest BCUT2D eigenvalue weighted by Crippen LogP contribution is 2.26. The van der Waals surface area contributed by atoms with Gasteiger partial charge in [-0.1, -0.05) is 54.1 Å². The summed E-state index contributed by atoms with van der Waals surface area (Å²) in [6, 6.07) is 17.2. The van der Waals surface area contributed by atoms with Crippen molar-refractivity contribution in [3.63, 3.8) is 0 Å². The van der Waals surface area contributed by atoms with Crippen molar-refractivity contribution >= 4 is 17.4 Å². The first-order chi connectivity index (χ1) is 8.18. The van der Waals surface area contributed by atoms with Crippen LogP contribution in [0.15, 0.2) is 54.6 Å². The molecule has 0 aliphatic carbocycles. The van der Waals surface area contributed by atoms with Gasteiger partial charge in [-0.05, 0) is 30.2 Å². The van der Waals surface area contributed by atoms with E-state index < -0.39 is 0 Å². The fraction of sp³-hybridized carbons (Fsp3) is 0.133. The molecule has 2 heteroatoms. The third kappa shape index (κ3) is 2.75. The molecule has 2 rings (SSSR count). The number of Topliss-reactive ketones (excluding diaryl/α,β-unsaturated/α-hetero) is 1. The number of rotatable bonds is 3. The summed E-state index contributed by atoms with van der Waals surface area (Å²) < 4.78 is 0. The Kier molecular flexibility index (Phi) is 3.60. The molecule has 0 N–H and O–H groups in total. The van der Waals surface area contributed by atoms with Crippen molar-refractivity contribution in [2.24, 2.45) is 0 Å². The van der Waals surface area contributed by atoms with Gasteiger partial charge in [0, 0.05) is 5.02 Å². The van der Waals surface area contributed by atoms with Crippen LogP contribution in [0.4, 0.5) is 0 Å². The zero-order chi connectivity index (χ0) is 12.3. The zero-order valence-electron chi connectivity index (χ0n) is 9.56. The number of hydrogen-bond acceptors (Lipinski definition) is 1. The van der Waals surface area contributed by atoms with E-state index in [0.29, 0.717) is 5.02 Å². The third-order valence-electron chi connectivity index (χ3n) is 2.74. The highest BCUT2D eigenvalue weighted by Gasteiger charge is 2.18. The summed E-state index contributed by atoms with van der Waals surface area (Å²) in [5.74, 6) is -0.0630. The van der Waals surface area contributed by atoms with Crippen LogP contribution < -0.4 is 0 Å². The zero-order valence-corrected chi connectivity index (χ0v) is 10.3. The molecule has 2 aromatic rings. The molecule has 0 unspecified atom stereocenters. The standard InChI is InChI=1S/C15H13ClO/c1-11(17)15(12-5-3-2-4-6-12)13-7-9-14(16)10-8-13/h2-10,15H,1H3/t15-/m1/s1. The van der Waals surface area contributed by atoms with Gasteiger partial charge in [-0.2, -0.15) is 0 Å². The first-order valence-corrected chi connectivity index (χ1v) is 5.87. The predicted molar refractivity (Wildman–Crippen MR) is 70.4 cm³/mol. The van der Waals surface area contributed by atoms with Gasteiger partial charge in [-0.25, -0.2) is 0 Å². The van der Waals surface area contributed by atoms with E-state index in [1.165, 1.54) is 0 Å². The van der Waals surface area contributed by atoms with E-state index in [-0.39, 0.29) is 11.7 Å². The second-order valence-corrected chi connectivity index (χ2v) is 4.44. The molecule has 2 aromatic carbocycles. The van der Waals surface area contributed by atoms with Gasteiger partial charge in [0.25, 0.3) is 0 Å². The summed E-state index contributed by atoms with van der Waals surface area (Å²) in [6.07, 6.45) is 0. The van der Waals surface area contributed by atoms with Crippen LogP contribution in [-0.4, -0.2) is 5.78 Å². The van der Waals surface area contributed by atoms with Crippen LogP contribution in [0.25, 0.3) is 0 Å². The Labute approximate surface area is 106 Å². The molecule has 0 saturated carbocycles. The Morgan fingerprint density at radius 1 is 0.941 bits per heavy atom. The lowest BCUT2D eigenvalue weighted by molar-refractivity contribution is -0.117. The van der Waals surface area contributed by atoms with E-state index >= 15 is 0 Å². The van der Waals surface area contributed by atoms with Crippen molar-refractivity contribution in [1.29, 1.82) is 0 Å². The normalized spacial score (nSPS) is 12.1. The number of halogens is 1. The van der Waals surface area contributed by atoms with Crippen molar-refractivity contribution in [1.82, 2.24) is 0 Å². The lowest BCUT2D eigenvalue weighted by Crippen LogP contribution is -2.10. The van der Waals surface area contributed by atoms with E-state index in [1.54, 1.807) is 6.92 Å². The fourth-order valence-corrected chi connectivity index (χ4v) is 2.09. The number of hydrogen-bond donors (Lipinski definition) is 0. The molecule has 0 aliphatic heterocycles. The maximum absolute atomic E-state index is 11.8. The summed E-state index contributed by atoms with van der Waals surface area (Å²) >= 11 is 5.86. The molecule has 0 heterocycles. The van der Waals surface area contributed by atoms with Crippen molar-refractivity contribution in [2.45, 2.75) is 12.8 Å². The van der Waals surface area contributed by atoms with Crippen molar-refractivity contribution < 1.29 is 4.79 Å². The summed E-state index contributed by atoms with van der Waals surface area (Å²) in [6.45, 7) is 1.62. The van der Waals surface area contributed by atoms with Gasteiger partial charge in [-0.15, -0.1) is 0 Å². The van der Waals surface area contributed by atoms with E-state index in [9.17, 15) is 4.79 Å². The first kappa shape index (κ1) is 11.9. The summed E-state index contributed by atoms with van der Waals surface area (Å²) in [5.41, 5.74) is 2.00. The van der Waals surface area contributed by atoms with Crippen molar-refractivity contribution in [3.8, 4) is 0 Å². The minimum Gasteiger partial charge on any atom is -0.299 e. The maximum Gasteiger partial charge on any atom is 0.141 e. The highest BCUT2D eigenvalue weighted by atomic mass is 35.5. The van der Waals surface area contributed by atoms with Crippen LogP contribution in [0, 0.1) is 0 Å². The SMILES string of the molecule is CC(=O)[C@H](c1ccccc1)c1ccc(Cl)cc1. The highest BCUT2D eigenvalue weighted by molar-refractivity contribution is 6.30. The molecule has 0 fully saturated rings. The Bertz CT molecular complexity index is 502. The second kappa shape index (κ2) is 5.15. The van der Waals surface area contributed by atoms with Crippen molar-refractivity contribution in [3.05, 3.63) is 70.7 Å². The number of benzene rings is 2. The Morgan fingerprint density at radius 2 is 1.47 bits per heavy atom. The smallest absolute Gasteiger partial charge is 0.141 e. The molecular formula is C15H13ClO. The van der Waals surface area contributed by atoms with E-state index in [1.807, 2.05) is 54.6 Å². The number of carbonyl (C=O) groups excluding carboxylic acids is 1. The lowest BCUT2D eigenvalue weighted by atomic mass is 9.88. The molecule has 0 radical (unpaired) electrons. The van der Waals surface area contributed by atoms with Gasteiger partial charge in [0.05, 0.1) is 5.92 Å². The van der Waals surface area contributed by atoms with Crippen LogP contribution in [0.1, 0.15) is 24.0 Å². The van der Waals surface area contributed by atoms with Crippen molar-refractivity contribution in [2.75, 3.05) is 0 Å². The average Bonchev–Trinajstić information content (AvgIpc) is 2.33. The molecule has 0 spiro atoms. The topological polar surface area (TPSA) is 17.1 Å². The van der Waals surface area contributed by atoms with Crippen LogP contribution in [0.3, 0.4) is 0 Å². The third-order valence-corrected chi connectivity index (χ3v) is 2.99. The summed E-state index contributed by atoms with van der Waals surface area (Å²) in [7, 11) is 0. The summed E-state index contributed by atoms with van der Waals surface area (Å²) in [5, 5.41) is 0.684. The maximum atomic E-state index is 11.8. The van der Waals surface area contributed by atoms with E-state index in [0.717, 1.165) is 11.1 Å². The van der Waals surface area contributed by atoms with Crippen LogP contribution >= 0.6 is 11.6 Å². The Morgan fingerprint density at radius 3 is 2.00 bits per heavy atom. The minimum atomic E-state index is -0.200. The Balaban J connectivity index is 2.43. The largest absolute Gasteiger partial charge is 0.299 e. The van der Waals surface area contributed by atoms with Gasteiger partial charge >= 0.3 is 0 Å². The van der Waals surface area contributed by atoms with Gasteiger partial charge in [0.2, 0.25) is 0 Å². The quantitative estimate of drug-likeness (QED) is 0.796. The monoisotopic (exact) mass is 244 g/mol. The molecule has 0 saturated heterocycles. The number of carbonyl (C=O) groups is 1. The molecule has 1 nitrogen and oxygen atoms in total. The van der Waals surface area contributed by atoms with Crippen LogP contribution in [-0.2, 0) is 4.79 Å². The molecule has 0 aromatic heterocycles. The second-order valence-electron chi connectivity index (χ2n) is 4.01. The summed E-state index contributed by atoms with van der Waals surface area (Å²) in [4.78, 5) is 11.8. The minimum absolute atomic E-state index is 0.138. The predicted octanol–water partition coefficient (Wildman–Crippen LogP) is 4.06. The molecule has 1 atom stereocenters. The van der Waals surface area contributed by atoms with Crippen LogP contribution in [0.5, 0.6) is 0 Å². The van der Waals surface area contributed by atoms with Gasteiger partial charge in [0.15, 0.2) is 0 Å². The molecule has 0 aliphatic rings.